The first-order chi connectivity index (χ1) is 33.0. The second-order valence-corrected chi connectivity index (χ2v) is 23.9. The van der Waals surface area contributed by atoms with Crippen molar-refractivity contribution in [3.8, 4) is 28.4 Å². The molecule has 0 saturated heterocycles. The van der Waals surface area contributed by atoms with Crippen molar-refractivity contribution >= 4 is 33.2 Å². The fourth-order valence-corrected chi connectivity index (χ4v) is 10.5. The van der Waals surface area contributed by atoms with Crippen molar-refractivity contribution in [2.75, 3.05) is 16.5 Å². The van der Waals surface area contributed by atoms with Crippen molar-refractivity contribution in [2.24, 2.45) is 5.41 Å². The number of fused-ring (bicyclic) bond motifs is 3. The van der Waals surface area contributed by atoms with Gasteiger partial charge < -0.3 is 14.5 Å². The number of hydrogen-bond donors (Lipinski definition) is 0. The van der Waals surface area contributed by atoms with Crippen LogP contribution in [0.5, 0.6) is 11.5 Å². The van der Waals surface area contributed by atoms with Gasteiger partial charge in [-0.1, -0.05) is 183 Å². The van der Waals surface area contributed by atoms with Crippen LogP contribution in [0.1, 0.15) is 149 Å². The van der Waals surface area contributed by atoms with Gasteiger partial charge in [0, 0.05) is 63.2 Å². The van der Waals surface area contributed by atoms with E-state index in [-0.39, 0.29) is 21.7 Å². The number of ether oxygens (including phenoxy) is 1. The van der Waals surface area contributed by atoms with Crippen LogP contribution < -0.4 is 14.5 Å². The summed E-state index contributed by atoms with van der Waals surface area (Å²) in [5.41, 5.74) is 15.3. The predicted molar refractivity (Wildman–Crippen MR) is 298 cm³/mol. The molecule has 9 rings (SSSR count). The van der Waals surface area contributed by atoms with Crippen LogP contribution in [0.4, 0.5) is 11.4 Å². The minimum Gasteiger partial charge on any atom is -0.457 e. The Labute approximate surface area is 418 Å². The maximum absolute atomic E-state index is 7.45. The number of para-hydroxylation sites is 1. The monoisotopic (exact) mass is 927 g/mol. The van der Waals surface area contributed by atoms with Crippen LogP contribution in [-0.2, 0) is 16.2 Å². The molecule has 0 unspecified atom stereocenters. The summed E-state index contributed by atoms with van der Waals surface area (Å²) >= 11 is 0. The fourth-order valence-electron chi connectivity index (χ4n) is 10.5. The van der Waals surface area contributed by atoms with Crippen molar-refractivity contribution in [3.05, 3.63) is 191 Å². The topological polar surface area (TPSA) is 33.5 Å². The molecule has 360 valence electrons. The third-order valence-electron chi connectivity index (χ3n) is 14.5. The van der Waals surface area contributed by atoms with E-state index in [0.717, 1.165) is 39.6 Å². The summed E-state index contributed by atoms with van der Waals surface area (Å²) in [4.78, 5) is 10.0. The van der Waals surface area contributed by atoms with E-state index in [4.69, 9.17) is 9.72 Å². The lowest BCUT2D eigenvalue weighted by Gasteiger charge is -2.32. The first kappa shape index (κ1) is 48.4. The molecule has 2 aromatic heterocycles. The summed E-state index contributed by atoms with van der Waals surface area (Å²) in [6.07, 6.45) is 4.33. The van der Waals surface area contributed by atoms with Crippen LogP contribution in [0.3, 0.4) is 0 Å². The van der Waals surface area contributed by atoms with Crippen LogP contribution in [0.2, 0.25) is 0 Å². The summed E-state index contributed by atoms with van der Waals surface area (Å²) in [6.45, 7) is 35.2. The molecule has 1 aliphatic rings. The number of anilines is 2. The molecule has 0 N–H and O–H groups in total. The van der Waals surface area contributed by atoms with Crippen LogP contribution >= 0.6 is 0 Å². The van der Waals surface area contributed by atoms with E-state index in [9.17, 15) is 0 Å². The quantitative estimate of drug-likeness (QED) is 0.137. The first-order valence-electron chi connectivity index (χ1n) is 25.4. The fraction of sp³-hybridized carbons (Fsp3) is 0.338. The normalized spacial score (nSPS) is 13.9. The zero-order valence-electron chi connectivity index (χ0n) is 44.5. The standard InChI is InChI=1S/C65H74N4O/c1-42(2)52-28-22-29-53(43(3)4)60(52)44-33-49(67-40-58(64(11,12)13)68(41-67)48-26-21-25-46(35-48)62(5,6)7)37-50(34-44)70-51-38-55(65(14,15)45-23-17-16-18-24-45)61-54-27-19-20-30-56(54)69(57(61)39-51)59-36-47(31-32-66-59)63(8,9)10/h16-40,42-43H,41H2,1-15H3. The van der Waals surface area contributed by atoms with E-state index < -0.39 is 0 Å². The van der Waals surface area contributed by atoms with Crippen molar-refractivity contribution in [1.82, 2.24) is 9.55 Å². The molecule has 3 heterocycles. The average molecular weight is 927 g/mol. The molecule has 0 saturated carbocycles. The lowest BCUT2D eigenvalue weighted by atomic mass is 9.76. The third kappa shape index (κ3) is 9.16. The largest absolute Gasteiger partial charge is 0.457 e. The van der Waals surface area contributed by atoms with Gasteiger partial charge in [0.25, 0.3) is 0 Å². The Morgan fingerprint density at radius 1 is 0.529 bits per heavy atom. The van der Waals surface area contributed by atoms with Crippen molar-refractivity contribution < 1.29 is 4.74 Å². The van der Waals surface area contributed by atoms with Gasteiger partial charge in [0.05, 0.1) is 17.7 Å². The molecular formula is C65H74N4O. The number of allylic oxidation sites excluding steroid dienone is 1. The van der Waals surface area contributed by atoms with Gasteiger partial charge >= 0.3 is 0 Å². The highest BCUT2D eigenvalue weighted by atomic mass is 16.5. The highest BCUT2D eigenvalue weighted by Gasteiger charge is 2.34. The van der Waals surface area contributed by atoms with Crippen LogP contribution in [0.25, 0.3) is 38.8 Å². The molecule has 70 heavy (non-hydrogen) atoms. The van der Waals surface area contributed by atoms with E-state index in [0.29, 0.717) is 18.5 Å². The minimum absolute atomic E-state index is 0.0278. The minimum atomic E-state index is -0.388. The Kier molecular flexibility index (Phi) is 12.4. The van der Waals surface area contributed by atoms with Gasteiger partial charge in [-0.05, 0) is 116 Å². The van der Waals surface area contributed by atoms with Gasteiger partial charge in [-0.3, -0.25) is 4.57 Å². The molecule has 0 radical (unpaired) electrons. The van der Waals surface area contributed by atoms with Gasteiger partial charge in [-0.25, -0.2) is 4.98 Å². The maximum Gasteiger partial charge on any atom is 0.137 e. The molecule has 8 aromatic rings. The Hall–Kier alpha value is -6.59. The molecule has 0 amide bonds. The molecule has 0 fully saturated rings. The lowest BCUT2D eigenvalue weighted by molar-refractivity contribution is 0.481. The van der Waals surface area contributed by atoms with E-state index >= 15 is 0 Å². The summed E-state index contributed by atoms with van der Waals surface area (Å²) in [5, 5.41) is 2.39. The first-order valence-corrected chi connectivity index (χ1v) is 25.4. The molecule has 0 spiro atoms. The van der Waals surface area contributed by atoms with Crippen LogP contribution in [0.15, 0.2) is 158 Å². The molecule has 0 bridgehead atoms. The van der Waals surface area contributed by atoms with Crippen LogP contribution in [0, 0.1) is 5.41 Å². The van der Waals surface area contributed by atoms with Crippen molar-refractivity contribution in [1.29, 1.82) is 0 Å². The van der Waals surface area contributed by atoms with Gasteiger partial charge in [0.1, 0.15) is 17.3 Å². The molecule has 5 nitrogen and oxygen atoms in total. The predicted octanol–water partition coefficient (Wildman–Crippen LogP) is 18.0. The highest BCUT2D eigenvalue weighted by Crippen LogP contribution is 2.47. The molecule has 6 aromatic carbocycles. The lowest BCUT2D eigenvalue weighted by Crippen LogP contribution is -2.30. The summed E-state index contributed by atoms with van der Waals surface area (Å²) in [7, 11) is 0. The molecule has 5 heteroatoms. The Morgan fingerprint density at radius 3 is 1.80 bits per heavy atom. The van der Waals surface area contributed by atoms with Crippen LogP contribution in [-0.4, -0.2) is 16.2 Å². The highest BCUT2D eigenvalue weighted by molar-refractivity contribution is 6.12. The Morgan fingerprint density at radius 2 is 1.14 bits per heavy atom. The number of nitrogens with zero attached hydrogens (tertiary/aromatic N) is 4. The van der Waals surface area contributed by atoms with Gasteiger partial charge in [-0.2, -0.15) is 0 Å². The Balaban J connectivity index is 1.29. The SMILES string of the molecule is CC(C)c1cccc(C(C)C)c1-c1cc(Oc2cc(C(C)(C)c3ccccc3)c3c4ccccc4n(-c4cc(C(C)(C)C)ccn4)c3c2)cc(N2C=C(C(C)(C)C)N(c3cccc(C(C)(C)C)c3)C2)c1. The molecular weight excluding hydrogens is 853 g/mol. The van der Waals surface area contributed by atoms with Crippen molar-refractivity contribution in [2.45, 2.75) is 132 Å². The molecule has 0 atom stereocenters. The van der Waals surface area contributed by atoms with E-state index in [2.05, 4.69) is 264 Å². The van der Waals surface area contributed by atoms with E-state index in [1.807, 2.05) is 6.20 Å². The van der Waals surface area contributed by atoms with Gasteiger partial charge in [0.2, 0.25) is 0 Å². The zero-order chi connectivity index (χ0) is 50.1. The summed E-state index contributed by atoms with van der Waals surface area (Å²) in [6, 6.07) is 51.5. The second-order valence-electron chi connectivity index (χ2n) is 23.9. The average Bonchev–Trinajstić information content (AvgIpc) is 3.92. The third-order valence-corrected chi connectivity index (χ3v) is 14.5. The van der Waals surface area contributed by atoms with E-state index in [1.54, 1.807) is 0 Å². The molecule has 0 aliphatic carbocycles. The van der Waals surface area contributed by atoms with Crippen molar-refractivity contribution in [3.63, 3.8) is 0 Å². The number of benzene rings is 6. The smallest absolute Gasteiger partial charge is 0.137 e. The second kappa shape index (κ2) is 18.0. The Bertz CT molecular complexity index is 3230. The summed E-state index contributed by atoms with van der Waals surface area (Å²) in [5.74, 6) is 3.11. The molecule has 1 aliphatic heterocycles. The summed E-state index contributed by atoms with van der Waals surface area (Å²) < 4.78 is 9.80. The number of aromatic nitrogens is 2. The zero-order valence-corrected chi connectivity index (χ0v) is 44.5. The van der Waals surface area contributed by atoms with Gasteiger partial charge in [0.15, 0.2) is 0 Å². The van der Waals surface area contributed by atoms with Gasteiger partial charge in [-0.15, -0.1) is 0 Å². The number of rotatable bonds is 10. The number of hydrogen-bond acceptors (Lipinski definition) is 4. The number of pyridine rings is 1. The van der Waals surface area contributed by atoms with E-state index in [1.165, 1.54) is 61.1 Å². The maximum atomic E-state index is 7.45.